The molecular formula is C16H23Cl2N3O5S2. The van der Waals surface area contributed by atoms with Gasteiger partial charge in [0.25, 0.3) is 0 Å². The molecule has 1 aromatic carbocycles. The van der Waals surface area contributed by atoms with Crippen molar-refractivity contribution >= 4 is 51.9 Å². The maximum Gasteiger partial charge on any atom is 0.325 e. The van der Waals surface area contributed by atoms with E-state index in [9.17, 15) is 18.1 Å². The summed E-state index contributed by atoms with van der Waals surface area (Å²) in [6, 6.07) is 4.35. The van der Waals surface area contributed by atoms with E-state index < -0.39 is 26.8 Å². The Morgan fingerprint density at radius 3 is 2.43 bits per heavy atom. The molecule has 0 spiro atoms. The van der Waals surface area contributed by atoms with Crippen molar-refractivity contribution in [2.75, 3.05) is 26.7 Å². The number of carbonyl (C=O) groups excluding carboxylic acids is 1. The monoisotopic (exact) mass is 471 g/mol. The zero-order chi connectivity index (χ0) is 20.1. The molecule has 0 aliphatic carbocycles. The minimum atomic E-state index is -4.04. The molecule has 1 aromatic rings. The van der Waals surface area contributed by atoms with Gasteiger partial charge in [-0.3, -0.25) is 4.79 Å². The van der Waals surface area contributed by atoms with Crippen LogP contribution >= 0.6 is 36.0 Å². The molecule has 0 amide bonds. The average molecular weight is 472 g/mol. The summed E-state index contributed by atoms with van der Waals surface area (Å²) >= 11 is 6.51. The third-order valence-electron chi connectivity index (χ3n) is 4.50. The number of benzene rings is 1. The van der Waals surface area contributed by atoms with Gasteiger partial charge < -0.3 is 9.64 Å². The van der Waals surface area contributed by atoms with E-state index >= 15 is 0 Å². The summed E-state index contributed by atoms with van der Waals surface area (Å²) in [6.07, 6.45) is 0.819. The molecule has 0 aromatic heterocycles. The number of ether oxygens (including phenoxy) is 1. The summed E-state index contributed by atoms with van der Waals surface area (Å²) in [7, 11) is -2.12. The van der Waals surface area contributed by atoms with Crippen LogP contribution in [0.5, 0.6) is 0 Å². The number of hydrogen-bond acceptors (Lipinski definition) is 8. The smallest absolute Gasteiger partial charge is 0.325 e. The van der Waals surface area contributed by atoms with Crippen molar-refractivity contribution in [1.29, 1.82) is 0 Å². The van der Waals surface area contributed by atoms with Gasteiger partial charge in [0.15, 0.2) is 0 Å². The molecule has 0 bridgehead atoms. The molecule has 2 rings (SSSR count). The molecule has 1 fully saturated rings. The summed E-state index contributed by atoms with van der Waals surface area (Å²) < 4.78 is 35.1. The maximum atomic E-state index is 12.8. The molecule has 1 N–H and O–H groups in total. The fourth-order valence-corrected chi connectivity index (χ4v) is 5.17. The molecule has 28 heavy (non-hydrogen) atoms. The fraction of sp³-hybridized carbons (Fsp3) is 0.562. The summed E-state index contributed by atoms with van der Waals surface area (Å²) in [5.41, 5.74) is 0. The van der Waals surface area contributed by atoms with Crippen LogP contribution in [0.15, 0.2) is 33.7 Å². The lowest BCUT2D eigenvalue weighted by Gasteiger charge is -2.41. The first-order valence-corrected chi connectivity index (χ1v) is 11.0. The highest BCUT2D eigenvalue weighted by Gasteiger charge is 2.49. The van der Waals surface area contributed by atoms with E-state index in [1.54, 1.807) is 6.92 Å². The summed E-state index contributed by atoms with van der Waals surface area (Å²) in [6.45, 7) is 2.92. The summed E-state index contributed by atoms with van der Waals surface area (Å²) in [5.74, 6) is -0.726. The standard InChI is InChI=1S/C16H22ClN3O5S2.ClH/c1-3-25-15(21)14(16(26-19-22)8-10-20(2)11-9-16)18-27(23,24)13-6-4-12(17)5-7-13;/h4-7,14,18H,3,8-11H2,1-2H3;1H. The SMILES string of the molecule is CCOC(=O)C(NS(=O)(=O)c1ccc(Cl)cc1)C1(SN=O)CCN(C)CC1.Cl. The van der Waals surface area contributed by atoms with Crippen LogP contribution in [0.4, 0.5) is 0 Å². The largest absolute Gasteiger partial charge is 0.465 e. The van der Waals surface area contributed by atoms with Crippen molar-refractivity contribution in [1.82, 2.24) is 9.62 Å². The van der Waals surface area contributed by atoms with Gasteiger partial charge in [0.1, 0.15) is 6.04 Å². The van der Waals surface area contributed by atoms with Crippen LogP contribution < -0.4 is 4.72 Å². The second-order valence-corrected chi connectivity index (χ2v) is 9.59. The van der Waals surface area contributed by atoms with Gasteiger partial charge in [-0.25, -0.2) is 8.42 Å². The van der Waals surface area contributed by atoms with Gasteiger partial charge >= 0.3 is 5.97 Å². The van der Waals surface area contributed by atoms with Crippen LogP contribution in [0.25, 0.3) is 0 Å². The van der Waals surface area contributed by atoms with E-state index in [1.807, 2.05) is 11.9 Å². The number of carbonyl (C=O) groups is 1. The first kappa shape index (κ1) is 25.1. The number of esters is 1. The van der Waals surface area contributed by atoms with Crippen molar-refractivity contribution in [3.8, 4) is 0 Å². The van der Waals surface area contributed by atoms with E-state index in [1.165, 1.54) is 24.3 Å². The van der Waals surface area contributed by atoms with Crippen molar-refractivity contribution < 1.29 is 17.9 Å². The summed E-state index contributed by atoms with van der Waals surface area (Å²) in [4.78, 5) is 25.7. The van der Waals surface area contributed by atoms with E-state index in [0.29, 0.717) is 42.9 Å². The van der Waals surface area contributed by atoms with Gasteiger partial charge in [0.05, 0.1) is 16.2 Å². The second kappa shape index (κ2) is 10.7. The highest BCUT2D eigenvalue weighted by molar-refractivity contribution is 7.99. The van der Waals surface area contributed by atoms with Crippen LogP contribution in [-0.2, 0) is 19.6 Å². The summed E-state index contributed by atoms with van der Waals surface area (Å²) in [5, 5.41) is 0.392. The normalized spacial score (nSPS) is 18.0. The number of piperidine rings is 1. The first-order chi connectivity index (χ1) is 12.7. The fourth-order valence-electron chi connectivity index (χ4n) is 2.94. The van der Waals surface area contributed by atoms with Crippen molar-refractivity contribution in [3.05, 3.63) is 34.2 Å². The number of nitrogens with one attached hydrogen (secondary N) is 1. The zero-order valence-corrected chi connectivity index (χ0v) is 18.7. The lowest BCUT2D eigenvalue weighted by Crippen LogP contribution is -2.59. The number of halogens is 2. The van der Waals surface area contributed by atoms with Crippen molar-refractivity contribution in [2.45, 2.75) is 35.4 Å². The quantitative estimate of drug-likeness (QED) is 0.352. The van der Waals surface area contributed by atoms with Gasteiger partial charge in [0, 0.05) is 21.6 Å². The lowest BCUT2D eigenvalue weighted by atomic mass is 9.88. The predicted octanol–water partition coefficient (Wildman–Crippen LogP) is 2.85. The Hall–Kier alpha value is -0.910. The highest BCUT2D eigenvalue weighted by atomic mass is 35.5. The van der Waals surface area contributed by atoms with Gasteiger partial charge in [-0.05, 0) is 64.2 Å². The molecule has 8 nitrogen and oxygen atoms in total. The topological polar surface area (TPSA) is 105 Å². The van der Waals surface area contributed by atoms with Crippen LogP contribution in [-0.4, -0.2) is 56.8 Å². The van der Waals surface area contributed by atoms with Gasteiger partial charge in [-0.15, -0.1) is 17.3 Å². The van der Waals surface area contributed by atoms with E-state index in [2.05, 4.69) is 9.30 Å². The minimum absolute atomic E-state index is 0. The molecule has 0 saturated carbocycles. The molecule has 1 unspecified atom stereocenters. The van der Waals surface area contributed by atoms with E-state index in [4.69, 9.17) is 16.3 Å². The predicted molar refractivity (Wildman–Crippen MR) is 112 cm³/mol. The Labute approximate surface area is 180 Å². The minimum Gasteiger partial charge on any atom is -0.465 e. The molecule has 0 radical (unpaired) electrons. The Morgan fingerprint density at radius 2 is 1.93 bits per heavy atom. The number of likely N-dealkylation sites (tertiary alicyclic amines) is 1. The van der Waals surface area contributed by atoms with E-state index in [0.717, 1.165) is 0 Å². The number of sulfonamides is 1. The Kier molecular flexibility index (Phi) is 9.65. The maximum absolute atomic E-state index is 12.8. The lowest BCUT2D eigenvalue weighted by molar-refractivity contribution is -0.146. The third kappa shape index (κ3) is 6.04. The molecule has 1 saturated heterocycles. The van der Waals surface area contributed by atoms with Crippen molar-refractivity contribution in [3.63, 3.8) is 0 Å². The van der Waals surface area contributed by atoms with Crippen LogP contribution in [0.2, 0.25) is 5.02 Å². The third-order valence-corrected chi connectivity index (χ3v) is 7.27. The molecule has 158 valence electrons. The Morgan fingerprint density at radius 1 is 1.36 bits per heavy atom. The van der Waals surface area contributed by atoms with Gasteiger partial charge in [0.2, 0.25) is 10.0 Å². The Bertz CT molecular complexity index is 769. The number of rotatable bonds is 8. The number of nitrogens with zero attached hydrogens (tertiary/aromatic N) is 2. The number of hydrogen-bond donors (Lipinski definition) is 1. The first-order valence-electron chi connectivity index (χ1n) is 8.38. The average Bonchev–Trinajstić information content (AvgIpc) is 2.63. The molecule has 1 aliphatic rings. The van der Waals surface area contributed by atoms with Crippen molar-refractivity contribution in [2.24, 2.45) is 4.58 Å². The number of nitroso groups, excluding NO2 is 1. The van der Waals surface area contributed by atoms with Crippen LogP contribution in [0.1, 0.15) is 19.8 Å². The molecule has 1 heterocycles. The van der Waals surface area contributed by atoms with Gasteiger partial charge in [-0.1, -0.05) is 11.6 Å². The molecular weight excluding hydrogens is 449 g/mol. The highest BCUT2D eigenvalue weighted by Crippen LogP contribution is 2.40. The van der Waals surface area contributed by atoms with E-state index in [-0.39, 0.29) is 23.9 Å². The second-order valence-electron chi connectivity index (χ2n) is 6.29. The molecule has 1 atom stereocenters. The molecule has 1 aliphatic heterocycles. The Balaban J connectivity index is 0.00000392. The van der Waals surface area contributed by atoms with Crippen LogP contribution in [0.3, 0.4) is 0 Å². The van der Waals surface area contributed by atoms with Gasteiger partial charge in [-0.2, -0.15) is 4.72 Å². The molecule has 12 heteroatoms. The zero-order valence-electron chi connectivity index (χ0n) is 15.5. The van der Waals surface area contributed by atoms with Crippen LogP contribution in [0, 0.1) is 4.91 Å².